The van der Waals surface area contributed by atoms with Crippen molar-refractivity contribution in [1.82, 2.24) is 34.9 Å². The predicted octanol–water partition coefficient (Wildman–Crippen LogP) is 8.62. The topological polar surface area (TPSA) is 107 Å². The maximum atomic E-state index is 12.0. The van der Waals surface area contributed by atoms with Gasteiger partial charge in [-0.25, -0.2) is 19.6 Å². The van der Waals surface area contributed by atoms with Crippen molar-refractivity contribution in [3.8, 4) is 0 Å². The summed E-state index contributed by atoms with van der Waals surface area (Å²) in [6.07, 6.45) is 21.7. The number of hydrogen-bond acceptors (Lipinski definition) is 12. The quantitative estimate of drug-likeness (QED) is 0.290. The standard InChI is InChI=1S/C22H34N4O2S.C19H33N3O2.C3H2BrNS.ClH/c1-2-28-21(27)25-12-7-22(16-25)14-18(15-22)24-10-5-17(6-11-24)19-4-3-9-26(19)20-23-8-13-29-20;1-2-24-18(23)22-11-7-19(14-22)12-16(13-19)21-9-5-15(6-10-21)17-4-3-8-20-17;4-3-5-1-2-6-3;/h8,13,17-19H,2-7,9-12,14-16H2,1H3;15-17,20H,2-14H2,1H3;1-2H;1H/t18?,19-,22?;;;/m0.../s1. The van der Waals surface area contributed by atoms with Gasteiger partial charge >= 0.3 is 12.2 Å². The molecule has 8 heterocycles. The Labute approximate surface area is 381 Å². The van der Waals surface area contributed by atoms with E-state index in [0.29, 0.717) is 30.1 Å². The minimum atomic E-state index is -0.116. The average Bonchev–Trinajstić information content (AvgIpc) is 4.07. The zero-order valence-electron chi connectivity index (χ0n) is 36.0. The van der Waals surface area contributed by atoms with Crippen LogP contribution >= 0.6 is 51.0 Å². The van der Waals surface area contributed by atoms with Gasteiger partial charge in [0.15, 0.2) is 9.05 Å². The molecule has 2 amide bonds. The lowest BCUT2D eigenvalue weighted by Gasteiger charge is -2.52. The molecule has 1 N–H and O–H groups in total. The van der Waals surface area contributed by atoms with Gasteiger partial charge in [0.25, 0.3) is 0 Å². The second-order valence-electron chi connectivity index (χ2n) is 18.8. The molecule has 6 aliphatic heterocycles. The number of thiazole rings is 2. The van der Waals surface area contributed by atoms with Gasteiger partial charge in [0, 0.05) is 80.0 Å². The van der Waals surface area contributed by atoms with E-state index in [9.17, 15) is 9.59 Å². The summed E-state index contributed by atoms with van der Waals surface area (Å²) in [7, 11) is 0. The Kier molecular flexibility index (Phi) is 16.4. The lowest BCUT2D eigenvalue weighted by atomic mass is 9.64. The Bertz CT molecular complexity index is 1610. The molecule has 2 saturated carbocycles. The molecular formula is C44H70BrClN8O4S2. The summed E-state index contributed by atoms with van der Waals surface area (Å²) in [5.74, 6) is 1.72. The summed E-state index contributed by atoms with van der Waals surface area (Å²) in [5, 5.41) is 8.94. The number of halogens is 2. The molecular weight excluding hydrogens is 884 g/mol. The van der Waals surface area contributed by atoms with E-state index in [0.717, 1.165) is 66.5 Å². The molecule has 12 nitrogen and oxygen atoms in total. The number of hydrogen-bond donors (Lipinski definition) is 1. The summed E-state index contributed by atoms with van der Waals surface area (Å²) < 4.78 is 11.3. The molecule has 60 heavy (non-hydrogen) atoms. The lowest BCUT2D eigenvalue weighted by molar-refractivity contribution is -0.0116. The molecule has 2 aromatic rings. The van der Waals surface area contributed by atoms with Crippen molar-refractivity contribution in [3.05, 3.63) is 27.1 Å². The summed E-state index contributed by atoms with van der Waals surface area (Å²) in [5.41, 5.74) is 0.780. The van der Waals surface area contributed by atoms with Crippen LogP contribution in [0.2, 0.25) is 0 Å². The molecule has 0 bridgehead atoms. The van der Waals surface area contributed by atoms with E-state index in [1.807, 2.05) is 35.2 Å². The van der Waals surface area contributed by atoms with Crippen LogP contribution in [0.25, 0.3) is 0 Å². The number of carbonyl (C=O) groups is 2. The van der Waals surface area contributed by atoms with E-state index in [2.05, 4.69) is 51.3 Å². The van der Waals surface area contributed by atoms with Crippen LogP contribution in [0.15, 0.2) is 27.1 Å². The van der Waals surface area contributed by atoms with Gasteiger partial charge in [-0.05, 0) is 175 Å². The molecule has 0 radical (unpaired) electrons. The second-order valence-corrected chi connectivity index (χ2v) is 21.9. The number of aromatic nitrogens is 2. The van der Waals surface area contributed by atoms with Crippen LogP contribution in [0.4, 0.5) is 14.7 Å². The summed E-state index contributed by atoms with van der Waals surface area (Å²) >= 11 is 6.56. The Balaban J connectivity index is 0.000000159. The minimum absolute atomic E-state index is 0. The average molecular weight is 955 g/mol. The maximum Gasteiger partial charge on any atom is 0.409 e. The molecule has 8 aliphatic rings. The smallest absolute Gasteiger partial charge is 0.409 e. The molecule has 8 fully saturated rings. The van der Waals surface area contributed by atoms with Crippen LogP contribution in [0, 0.1) is 22.7 Å². The van der Waals surface area contributed by atoms with Gasteiger partial charge in [0.1, 0.15) is 0 Å². The number of nitrogens with one attached hydrogen (secondary N) is 1. The maximum absolute atomic E-state index is 12.0. The van der Waals surface area contributed by atoms with E-state index in [4.69, 9.17) is 9.47 Å². The van der Waals surface area contributed by atoms with Gasteiger partial charge in [-0.1, -0.05) is 0 Å². The first-order chi connectivity index (χ1) is 28.8. The number of rotatable bonds is 7. The SMILES string of the molecule is Brc1nccs1.CCOC(=O)N1CCC2(CC(N3CCC(C4CCCN4)CC3)C2)C1.CCOC(=O)N1CCC2(CC(N3CCC([C@@H]4CCCN4c4nccs4)CC3)C2)C1.Cl. The highest BCUT2D eigenvalue weighted by Crippen LogP contribution is 2.52. The number of nitrogens with zero attached hydrogens (tertiary/aromatic N) is 7. The summed E-state index contributed by atoms with van der Waals surface area (Å²) in [6.45, 7) is 15.8. The molecule has 336 valence electrons. The van der Waals surface area contributed by atoms with E-state index >= 15 is 0 Å². The lowest BCUT2D eigenvalue weighted by Crippen LogP contribution is -2.55. The first-order valence-corrected chi connectivity index (χ1v) is 25.6. The summed E-state index contributed by atoms with van der Waals surface area (Å²) in [6, 6.07) is 3.00. The zero-order chi connectivity index (χ0) is 40.8. The Morgan fingerprint density at radius 2 is 1.28 bits per heavy atom. The molecule has 1 unspecified atom stereocenters. The number of likely N-dealkylation sites (tertiary alicyclic amines) is 4. The summed E-state index contributed by atoms with van der Waals surface area (Å²) in [4.78, 5) is 44.3. The predicted molar refractivity (Wildman–Crippen MR) is 246 cm³/mol. The Morgan fingerprint density at radius 3 is 1.73 bits per heavy atom. The van der Waals surface area contributed by atoms with Crippen LogP contribution in [-0.2, 0) is 9.47 Å². The molecule has 2 spiro atoms. The van der Waals surface area contributed by atoms with Crippen molar-refractivity contribution in [2.24, 2.45) is 22.7 Å². The van der Waals surface area contributed by atoms with Gasteiger partial charge in [-0.2, -0.15) is 0 Å². The monoisotopic (exact) mass is 952 g/mol. The van der Waals surface area contributed by atoms with Gasteiger partial charge in [0.05, 0.1) is 13.2 Å². The highest BCUT2D eigenvalue weighted by molar-refractivity contribution is 9.11. The van der Waals surface area contributed by atoms with E-state index in [1.54, 1.807) is 28.9 Å². The van der Waals surface area contributed by atoms with Crippen molar-refractivity contribution >= 4 is 68.3 Å². The van der Waals surface area contributed by atoms with Crippen molar-refractivity contribution in [3.63, 3.8) is 0 Å². The van der Waals surface area contributed by atoms with Crippen LogP contribution in [0.1, 0.15) is 104 Å². The van der Waals surface area contributed by atoms with Crippen LogP contribution < -0.4 is 10.2 Å². The molecule has 0 aromatic carbocycles. The molecule has 2 aromatic heterocycles. The van der Waals surface area contributed by atoms with Crippen molar-refractivity contribution in [1.29, 1.82) is 0 Å². The van der Waals surface area contributed by atoms with E-state index in [1.165, 1.54) is 128 Å². The molecule has 10 rings (SSSR count). The number of ether oxygens (including phenoxy) is 2. The van der Waals surface area contributed by atoms with Crippen LogP contribution in [-0.4, -0.2) is 145 Å². The molecule has 2 atom stereocenters. The first kappa shape index (κ1) is 46.2. The van der Waals surface area contributed by atoms with Gasteiger partial charge < -0.3 is 39.3 Å². The third-order valence-electron chi connectivity index (χ3n) is 15.4. The Morgan fingerprint density at radius 1 is 0.733 bits per heavy atom. The fraction of sp³-hybridized carbons (Fsp3) is 0.818. The highest BCUT2D eigenvalue weighted by atomic mass is 79.9. The fourth-order valence-corrected chi connectivity index (χ4v) is 13.8. The largest absolute Gasteiger partial charge is 0.450 e. The highest BCUT2D eigenvalue weighted by Gasteiger charge is 2.53. The van der Waals surface area contributed by atoms with Crippen molar-refractivity contribution < 1.29 is 19.1 Å². The molecule has 6 saturated heterocycles. The van der Waals surface area contributed by atoms with Gasteiger partial charge in [0.2, 0.25) is 0 Å². The molecule has 16 heteroatoms. The molecule has 2 aliphatic carbocycles. The van der Waals surface area contributed by atoms with Crippen LogP contribution in [0.3, 0.4) is 0 Å². The number of amides is 2. The Hall–Kier alpha value is -1.75. The van der Waals surface area contributed by atoms with Crippen molar-refractivity contribution in [2.75, 3.05) is 83.6 Å². The minimum Gasteiger partial charge on any atom is -0.450 e. The van der Waals surface area contributed by atoms with Gasteiger partial charge in [-0.3, -0.25) is 0 Å². The fourth-order valence-electron chi connectivity index (χ4n) is 12.2. The third-order valence-corrected chi connectivity index (χ3v) is 17.5. The first-order valence-electron chi connectivity index (χ1n) is 23.0. The van der Waals surface area contributed by atoms with Crippen molar-refractivity contribution in [2.45, 2.75) is 128 Å². The number of carbonyl (C=O) groups excluding carboxylic acids is 2. The van der Waals surface area contributed by atoms with E-state index < -0.39 is 0 Å². The normalized spacial score (nSPS) is 32.1. The van der Waals surface area contributed by atoms with E-state index in [-0.39, 0.29) is 24.6 Å². The second kappa shape index (κ2) is 21.3. The number of piperidine rings is 2. The van der Waals surface area contributed by atoms with Crippen LogP contribution in [0.5, 0.6) is 0 Å². The zero-order valence-corrected chi connectivity index (χ0v) is 40.1. The number of anilines is 1. The third kappa shape index (κ3) is 10.9. The van der Waals surface area contributed by atoms with Gasteiger partial charge in [-0.15, -0.1) is 35.1 Å².